The van der Waals surface area contributed by atoms with E-state index in [0.717, 1.165) is 17.4 Å². The largest absolute Gasteiger partial charge is 0.497 e. The maximum Gasteiger partial charge on any atom is 0.269 e. The van der Waals surface area contributed by atoms with E-state index in [2.05, 4.69) is 10.4 Å². The summed E-state index contributed by atoms with van der Waals surface area (Å²) in [6, 6.07) is 7.37. The molecule has 0 saturated heterocycles. The number of benzene rings is 1. The normalized spacial score (nSPS) is 30.4. The van der Waals surface area contributed by atoms with Gasteiger partial charge in [0.05, 0.1) is 25.5 Å². The molecule has 1 heterocycles. The first kappa shape index (κ1) is 21.3. The van der Waals surface area contributed by atoms with E-state index in [-0.39, 0.29) is 11.5 Å². The first-order chi connectivity index (χ1) is 15.5. The molecule has 1 amide bonds. The van der Waals surface area contributed by atoms with Gasteiger partial charge in [-0.25, -0.2) is 0 Å². The Morgan fingerprint density at radius 3 is 2.34 bits per heavy atom. The van der Waals surface area contributed by atoms with Crippen molar-refractivity contribution in [2.45, 2.75) is 37.7 Å². The van der Waals surface area contributed by atoms with Crippen molar-refractivity contribution in [3.63, 3.8) is 0 Å². The van der Waals surface area contributed by atoms with Crippen LogP contribution >= 0.6 is 0 Å². The molecular weight excluding hydrogens is 406 g/mol. The molecule has 4 aliphatic carbocycles. The third-order valence-electron chi connectivity index (χ3n) is 8.22. The molecule has 172 valence electrons. The fraction of sp³-hybridized carbons (Fsp3) is 0.600. The van der Waals surface area contributed by atoms with Gasteiger partial charge in [0.15, 0.2) is 0 Å². The number of carbonyl (C=O) groups is 1. The Kier molecular flexibility index (Phi) is 5.40. The molecule has 0 spiro atoms. The van der Waals surface area contributed by atoms with Crippen LogP contribution in [0.3, 0.4) is 0 Å². The Balaban J connectivity index is 1.36. The number of methoxy groups -OCH3 is 3. The molecule has 2 aromatic rings. The molecule has 4 aliphatic rings. The topological polar surface area (TPSA) is 74.6 Å². The SMILES string of the molecule is COc1ccc(OC)c(-c2cc(C(=O)NCC3(OC)C4CC5CC(C4)CC3C5)n(C)n2)c1. The van der Waals surface area contributed by atoms with Gasteiger partial charge >= 0.3 is 0 Å². The van der Waals surface area contributed by atoms with Crippen molar-refractivity contribution in [1.29, 1.82) is 0 Å². The Bertz CT molecular complexity index is 987. The maximum atomic E-state index is 13.2. The second-order valence-electron chi connectivity index (χ2n) is 9.75. The van der Waals surface area contributed by atoms with Gasteiger partial charge in [-0.1, -0.05) is 0 Å². The number of aromatic nitrogens is 2. The molecule has 0 aliphatic heterocycles. The number of hydrogen-bond donors (Lipinski definition) is 1. The minimum Gasteiger partial charge on any atom is -0.497 e. The van der Waals surface area contributed by atoms with E-state index in [9.17, 15) is 4.79 Å². The summed E-state index contributed by atoms with van der Waals surface area (Å²) >= 11 is 0. The zero-order valence-electron chi connectivity index (χ0n) is 19.4. The van der Waals surface area contributed by atoms with Crippen LogP contribution in [-0.4, -0.2) is 49.2 Å². The molecule has 0 atom stereocenters. The van der Waals surface area contributed by atoms with Gasteiger partial charge in [0.1, 0.15) is 17.2 Å². The van der Waals surface area contributed by atoms with E-state index in [0.29, 0.717) is 41.3 Å². The molecule has 7 nitrogen and oxygen atoms in total. The predicted molar refractivity (Wildman–Crippen MR) is 121 cm³/mol. The van der Waals surface area contributed by atoms with Gasteiger partial charge in [-0.05, 0) is 80.0 Å². The number of nitrogens with zero attached hydrogens (tertiary/aromatic N) is 2. The third-order valence-corrected chi connectivity index (χ3v) is 8.22. The Morgan fingerprint density at radius 1 is 1.06 bits per heavy atom. The molecule has 4 saturated carbocycles. The molecule has 0 radical (unpaired) electrons. The molecule has 1 N–H and O–H groups in total. The van der Waals surface area contributed by atoms with Crippen LogP contribution < -0.4 is 14.8 Å². The van der Waals surface area contributed by atoms with Crippen molar-refractivity contribution in [3.05, 3.63) is 30.0 Å². The Hall–Kier alpha value is -2.54. The van der Waals surface area contributed by atoms with Crippen LogP contribution in [-0.2, 0) is 11.8 Å². The van der Waals surface area contributed by atoms with Crippen LogP contribution in [0.2, 0.25) is 0 Å². The van der Waals surface area contributed by atoms with Gasteiger partial charge in [0.25, 0.3) is 5.91 Å². The molecule has 4 bridgehead atoms. The monoisotopic (exact) mass is 439 g/mol. The molecule has 32 heavy (non-hydrogen) atoms. The summed E-state index contributed by atoms with van der Waals surface area (Å²) in [6.07, 6.45) is 6.35. The van der Waals surface area contributed by atoms with Gasteiger partial charge in [0.2, 0.25) is 0 Å². The van der Waals surface area contributed by atoms with Crippen LogP contribution in [0.5, 0.6) is 11.5 Å². The lowest BCUT2D eigenvalue weighted by Gasteiger charge is -2.60. The molecule has 0 unspecified atom stereocenters. The van der Waals surface area contributed by atoms with Gasteiger partial charge < -0.3 is 19.5 Å². The third kappa shape index (κ3) is 3.38. The fourth-order valence-corrected chi connectivity index (χ4v) is 6.81. The van der Waals surface area contributed by atoms with Crippen molar-refractivity contribution >= 4 is 5.91 Å². The first-order valence-corrected chi connectivity index (χ1v) is 11.6. The van der Waals surface area contributed by atoms with E-state index < -0.39 is 0 Å². The second kappa shape index (κ2) is 8.10. The average molecular weight is 440 g/mol. The van der Waals surface area contributed by atoms with Crippen molar-refractivity contribution < 1.29 is 19.0 Å². The van der Waals surface area contributed by atoms with Crippen molar-refractivity contribution in [3.8, 4) is 22.8 Å². The Labute approximate surface area is 189 Å². The number of aryl methyl sites for hydroxylation is 1. The van der Waals surface area contributed by atoms with Gasteiger partial charge in [-0.3, -0.25) is 9.48 Å². The predicted octanol–water partition coefficient (Wildman–Crippen LogP) is 3.68. The lowest BCUT2D eigenvalue weighted by Crippen LogP contribution is -2.63. The van der Waals surface area contributed by atoms with Gasteiger partial charge in [-0.15, -0.1) is 0 Å². The van der Waals surface area contributed by atoms with Crippen molar-refractivity contribution in [1.82, 2.24) is 15.1 Å². The summed E-state index contributed by atoms with van der Waals surface area (Å²) in [5.74, 6) is 4.07. The molecule has 1 aromatic heterocycles. The zero-order valence-corrected chi connectivity index (χ0v) is 19.4. The first-order valence-electron chi connectivity index (χ1n) is 11.6. The number of carbonyl (C=O) groups excluding carboxylic acids is 1. The smallest absolute Gasteiger partial charge is 0.269 e. The maximum absolute atomic E-state index is 13.2. The molecule has 7 heteroatoms. The van der Waals surface area contributed by atoms with Gasteiger partial charge in [-0.2, -0.15) is 5.10 Å². The van der Waals surface area contributed by atoms with Crippen LogP contribution in [0.4, 0.5) is 0 Å². The quantitative estimate of drug-likeness (QED) is 0.712. The van der Waals surface area contributed by atoms with E-state index in [4.69, 9.17) is 14.2 Å². The number of nitrogens with one attached hydrogen (secondary N) is 1. The fourth-order valence-electron chi connectivity index (χ4n) is 6.81. The molecule has 1 aromatic carbocycles. The van der Waals surface area contributed by atoms with E-state index >= 15 is 0 Å². The number of ether oxygens (including phenoxy) is 3. The summed E-state index contributed by atoms with van der Waals surface area (Å²) < 4.78 is 18.7. The number of rotatable bonds is 7. The summed E-state index contributed by atoms with van der Waals surface area (Å²) in [4.78, 5) is 13.2. The summed E-state index contributed by atoms with van der Waals surface area (Å²) in [5.41, 5.74) is 1.74. The zero-order chi connectivity index (χ0) is 22.5. The van der Waals surface area contributed by atoms with Crippen molar-refractivity contribution in [2.75, 3.05) is 27.9 Å². The highest BCUT2D eigenvalue weighted by Crippen LogP contribution is 2.59. The molecule has 6 rings (SSSR count). The number of amides is 1. The molecular formula is C25H33N3O4. The summed E-state index contributed by atoms with van der Waals surface area (Å²) in [5, 5.41) is 7.78. The lowest BCUT2D eigenvalue weighted by molar-refractivity contribution is -0.186. The highest BCUT2D eigenvalue weighted by Gasteiger charge is 2.57. The number of hydrogen-bond acceptors (Lipinski definition) is 5. The highest BCUT2D eigenvalue weighted by molar-refractivity contribution is 5.94. The van der Waals surface area contributed by atoms with Crippen LogP contribution in [0.1, 0.15) is 42.6 Å². The van der Waals surface area contributed by atoms with Crippen molar-refractivity contribution in [2.24, 2.45) is 30.7 Å². The summed E-state index contributed by atoms with van der Waals surface area (Å²) in [7, 11) is 6.86. The Morgan fingerprint density at radius 2 is 1.75 bits per heavy atom. The van der Waals surface area contributed by atoms with Gasteiger partial charge in [0, 0.05) is 26.3 Å². The molecule has 4 fully saturated rings. The van der Waals surface area contributed by atoms with E-state index in [1.54, 1.807) is 25.9 Å². The summed E-state index contributed by atoms with van der Waals surface area (Å²) in [6.45, 7) is 0.556. The second-order valence-corrected chi connectivity index (χ2v) is 9.75. The minimum atomic E-state index is -0.236. The van der Waals surface area contributed by atoms with Crippen LogP contribution in [0.15, 0.2) is 24.3 Å². The van der Waals surface area contributed by atoms with E-state index in [1.807, 2.05) is 31.4 Å². The van der Waals surface area contributed by atoms with Crippen LogP contribution in [0, 0.1) is 23.7 Å². The van der Waals surface area contributed by atoms with E-state index in [1.165, 1.54) is 32.1 Å². The lowest BCUT2D eigenvalue weighted by atomic mass is 9.49. The minimum absolute atomic E-state index is 0.127. The average Bonchev–Trinajstić information content (AvgIpc) is 3.19. The highest BCUT2D eigenvalue weighted by atomic mass is 16.5. The van der Waals surface area contributed by atoms with Crippen LogP contribution in [0.25, 0.3) is 11.3 Å². The standard InChI is InChI=1S/C25H33N3O4/c1-28-22(13-21(27-28)20-12-19(30-2)5-6-23(20)31-3)24(29)26-14-25(32-4)17-8-15-7-16(10-17)11-18(25)9-15/h5-6,12-13,15-18H,7-11,14H2,1-4H3,(H,26,29).